The molecule has 0 saturated heterocycles. The van der Waals surface area contributed by atoms with Crippen LogP contribution in [0.1, 0.15) is 0 Å². The Kier molecular flexibility index (Phi) is 2.21. The first-order valence-electron chi connectivity index (χ1n) is 1.81. The second kappa shape index (κ2) is 2.69. The van der Waals surface area contributed by atoms with Crippen molar-refractivity contribution in [2.24, 2.45) is 0 Å². The molecule has 0 aliphatic carbocycles. The van der Waals surface area contributed by atoms with Crippen LogP contribution < -0.4 is 0 Å². The van der Waals surface area contributed by atoms with Crippen molar-refractivity contribution in [3.63, 3.8) is 0 Å². The summed E-state index contributed by atoms with van der Waals surface area (Å²) in [6, 6.07) is 1.44. The van der Waals surface area contributed by atoms with Gasteiger partial charge in [-0.1, -0.05) is 6.58 Å². The van der Waals surface area contributed by atoms with E-state index in [2.05, 4.69) is 6.58 Å². The molecule has 8 heavy (non-hydrogen) atoms. The van der Waals surface area contributed by atoms with Crippen LogP contribution in [0.4, 0.5) is 0 Å². The van der Waals surface area contributed by atoms with Gasteiger partial charge < -0.3 is 0 Å². The van der Waals surface area contributed by atoms with Gasteiger partial charge in [-0.15, -0.1) is 0 Å². The quantitative estimate of drug-likeness (QED) is 0.214. The van der Waals surface area contributed by atoms with E-state index in [1.807, 2.05) is 0 Å². The largest absolute Gasteiger partial charge is 0.294 e. The number of nitriles is 1. The van der Waals surface area contributed by atoms with Crippen LogP contribution in [-0.2, 0) is 9.59 Å². The van der Waals surface area contributed by atoms with Crippen LogP contribution in [0.15, 0.2) is 12.2 Å². The van der Waals surface area contributed by atoms with E-state index >= 15 is 0 Å². The summed E-state index contributed by atoms with van der Waals surface area (Å²) in [4.78, 5) is 19.6. The van der Waals surface area contributed by atoms with Gasteiger partial charge in [0.1, 0.15) is 6.07 Å². The second-order valence-corrected chi connectivity index (χ2v) is 1.07. The average Bonchev–Trinajstić information content (AvgIpc) is 1.84. The van der Waals surface area contributed by atoms with Crippen LogP contribution in [0.2, 0.25) is 0 Å². The van der Waals surface area contributed by atoms with Gasteiger partial charge in [0.25, 0.3) is 0 Å². The summed E-state index contributed by atoms with van der Waals surface area (Å²) in [5, 5.41) is 7.91. The molecule has 40 valence electrons. The van der Waals surface area contributed by atoms with E-state index in [0.29, 0.717) is 0 Å². The topological polar surface area (TPSA) is 57.9 Å². The summed E-state index contributed by atoms with van der Waals surface area (Å²) >= 11 is 0. The van der Waals surface area contributed by atoms with Gasteiger partial charge in [-0.2, -0.15) is 5.26 Å². The molecule has 0 aromatic rings. The van der Waals surface area contributed by atoms with Gasteiger partial charge in [0.2, 0.25) is 5.78 Å². The molecule has 0 atom stereocenters. The van der Waals surface area contributed by atoms with Crippen molar-refractivity contribution >= 4 is 12.1 Å². The molecule has 3 nitrogen and oxygen atoms in total. The van der Waals surface area contributed by atoms with Crippen molar-refractivity contribution in [3.05, 3.63) is 12.2 Å². The minimum absolute atomic E-state index is 0.0611. The van der Waals surface area contributed by atoms with Crippen LogP contribution in [-0.4, -0.2) is 12.1 Å². The predicted octanol–water partition coefficient (Wildman–Crippen LogP) is -0.166. The highest BCUT2D eigenvalue weighted by Crippen LogP contribution is 1.83. The Labute approximate surface area is 46.2 Å². The third-order valence-electron chi connectivity index (χ3n) is 0.539. The third kappa shape index (κ3) is 1.35. The monoisotopic (exact) mass is 109 g/mol. The van der Waals surface area contributed by atoms with Crippen LogP contribution >= 0.6 is 0 Å². The SMILES string of the molecule is C=C(C#N)C(=O)C=O. The number of aldehydes is 1. The smallest absolute Gasteiger partial charge is 0.235 e. The molecule has 3 heteroatoms. The minimum Gasteiger partial charge on any atom is -0.294 e. The first kappa shape index (κ1) is 6.57. The standard InChI is InChI=1S/C5H3NO2/c1-4(2-6)5(8)3-7/h3H,1H2. The zero-order valence-electron chi connectivity index (χ0n) is 4.05. The number of nitrogens with zero attached hydrogens (tertiary/aromatic N) is 1. The summed E-state index contributed by atoms with van der Waals surface area (Å²) in [5.74, 6) is -0.854. The predicted molar refractivity (Wildman–Crippen MR) is 25.8 cm³/mol. The molecule has 0 aromatic carbocycles. The Morgan fingerprint density at radius 2 is 2.25 bits per heavy atom. The summed E-state index contributed by atoms with van der Waals surface area (Å²) in [6.07, 6.45) is 0.0611. The van der Waals surface area contributed by atoms with E-state index in [4.69, 9.17) is 5.26 Å². The number of Topliss-reactive ketones (excluding diaryl/α,β-unsaturated/α-hetero) is 1. The third-order valence-corrected chi connectivity index (χ3v) is 0.539. The fourth-order valence-electron chi connectivity index (χ4n) is 0.126. The summed E-state index contributed by atoms with van der Waals surface area (Å²) in [5.41, 5.74) is -0.319. The lowest BCUT2D eigenvalue weighted by Crippen LogP contribution is -1.98. The molecular weight excluding hydrogens is 106 g/mol. The van der Waals surface area contributed by atoms with E-state index in [1.54, 1.807) is 0 Å². The van der Waals surface area contributed by atoms with Crippen LogP contribution in [0.5, 0.6) is 0 Å². The normalized spacial score (nSPS) is 6.88. The van der Waals surface area contributed by atoms with Crippen LogP contribution in [0.3, 0.4) is 0 Å². The summed E-state index contributed by atoms with van der Waals surface area (Å²) in [6.45, 7) is 3.00. The molecule has 0 heterocycles. The van der Waals surface area contributed by atoms with Crippen molar-refractivity contribution in [2.75, 3.05) is 0 Å². The van der Waals surface area contributed by atoms with E-state index in [1.165, 1.54) is 6.07 Å². The Hall–Kier alpha value is -1.43. The molecular formula is C5H3NO2. The number of carbonyl (C=O) groups excluding carboxylic acids is 2. The van der Waals surface area contributed by atoms with Gasteiger partial charge in [-0.05, 0) is 0 Å². The van der Waals surface area contributed by atoms with Crippen molar-refractivity contribution < 1.29 is 9.59 Å². The molecule has 0 N–H and O–H groups in total. The Bertz CT molecular complexity index is 175. The van der Waals surface area contributed by atoms with E-state index < -0.39 is 5.78 Å². The number of hydrogen-bond acceptors (Lipinski definition) is 3. The Balaban J connectivity index is 4.09. The number of hydrogen-bond donors (Lipinski definition) is 0. The number of ketones is 1. The number of allylic oxidation sites excluding steroid dienone is 1. The van der Waals surface area contributed by atoms with Gasteiger partial charge in [-0.3, -0.25) is 9.59 Å². The van der Waals surface area contributed by atoms with Gasteiger partial charge in [-0.25, -0.2) is 0 Å². The molecule has 0 amide bonds. The zero-order chi connectivity index (χ0) is 6.57. The van der Waals surface area contributed by atoms with E-state index in [-0.39, 0.29) is 11.9 Å². The van der Waals surface area contributed by atoms with Crippen molar-refractivity contribution in [3.8, 4) is 6.07 Å². The molecule has 0 bridgehead atoms. The zero-order valence-corrected chi connectivity index (χ0v) is 4.05. The molecule has 0 aromatic heterocycles. The molecule has 0 aliphatic rings. The van der Waals surface area contributed by atoms with Crippen molar-refractivity contribution in [1.82, 2.24) is 0 Å². The van der Waals surface area contributed by atoms with Gasteiger partial charge in [0.15, 0.2) is 6.29 Å². The first-order chi connectivity index (χ1) is 3.72. The lowest BCUT2D eigenvalue weighted by Gasteiger charge is -1.76. The maximum Gasteiger partial charge on any atom is 0.235 e. The molecule has 0 saturated carbocycles. The molecule has 0 fully saturated rings. The fourth-order valence-corrected chi connectivity index (χ4v) is 0.126. The van der Waals surface area contributed by atoms with E-state index in [9.17, 15) is 9.59 Å². The summed E-state index contributed by atoms with van der Waals surface area (Å²) in [7, 11) is 0. The van der Waals surface area contributed by atoms with Gasteiger partial charge in [0.05, 0.1) is 5.57 Å². The lowest BCUT2D eigenvalue weighted by molar-refractivity contribution is -0.127. The van der Waals surface area contributed by atoms with Crippen LogP contribution in [0.25, 0.3) is 0 Å². The maximum absolute atomic E-state index is 10.1. The lowest BCUT2D eigenvalue weighted by atomic mass is 10.2. The van der Waals surface area contributed by atoms with Crippen LogP contribution in [0, 0.1) is 11.3 Å². The highest BCUT2D eigenvalue weighted by Gasteiger charge is 2.00. The number of carbonyl (C=O) groups is 2. The molecule has 0 unspecified atom stereocenters. The maximum atomic E-state index is 10.1. The second-order valence-electron chi connectivity index (χ2n) is 1.07. The minimum atomic E-state index is -0.854. The molecule has 0 aliphatic heterocycles. The first-order valence-corrected chi connectivity index (χ1v) is 1.81. The van der Waals surface area contributed by atoms with Gasteiger partial charge >= 0.3 is 0 Å². The highest BCUT2D eigenvalue weighted by atomic mass is 16.2. The summed E-state index contributed by atoms with van der Waals surface area (Å²) < 4.78 is 0. The average molecular weight is 109 g/mol. The fraction of sp³-hybridized carbons (Fsp3) is 0. The molecule has 0 rings (SSSR count). The highest BCUT2D eigenvalue weighted by molar-refractivity contribution is 6.34. The van der Waals surface area contributed by atoms with Crippen molar-refractivity contribution in [1.29, 1.82) is 5.26 Å². The Morgan fingerprint density at radius 3 is 2.38 bits per heavy atom. The Morgan fingerprint density at radius 1 is 1.75 bits per heavy atom. The number of rotatable bonds is 2. The van der Waals surface area contributed by atoms with Crippen molar-refractivity contribution in [2.45, 2.75) is 0 Å². The van der Waals surface area contributed by atoms with E-state index in [0.717, 1.165) is 0 Å². The molecule has 0 spiro atoms. The van der Waals surface area contributed by atoms with Gasteiger partial charge in [0, 0.05) is 0 Å². The molecule has 0 radical (unpaired) electrons.